The third-order valence-electron chi connectivity index (χ3n) is 4.84. The molecule has 1 saturated heterocycles. The highest BCUT2D eigenvalue weighted by molar-refractivity contribution is 5.78. The summed E-state index contributed by atoms with van der Waals surface area (Å²) in [5, 5.41) is 3.05. The van der Waals surface area contributed by atoms with Crippen LogP contribution in [0.3, 0.4) is 0 Å². The van der Waals surface area contributed by atoms with Gasteiger partial charge in [0.25, 0.3) is 0 Å². The Morgan fingerprint density at radius 2 is 2.10 bits per heavy atom. The van der Waals surface area contributed by atoms with Gasteiger partial charge in [0, 0.05) is 44.9 Å². The maximum atomic E-state index is 12.1. The number of quaternary nitrogens is 1. The molecule has 4 nitrogen and oxygen atoms in total. The third-order valence-corrected chi connectivity index (χ3v) is 4.84. The second-order valence-corrected chi connectivity index (χ2v) is 6.52. The van der Waals surface area contributed by atoms with Gasteiger partial charge in [0.1, 0.15) is 0 Å². The minimum absolute atomic E-state index is 0.238. The number of ether oxygens (including phenoxy) is 1. The van der Waals surface area contributed by atoms with Gasteiger partial charge in [-0.05, 0) is 25.7 Å². The molecule has 0 radical (unpaired) electrons. The van der Waals surface area contributed by atoms with Crippen molar-refractivity contribution in [3.8, 4) is 0 Å². The van der Waals surface area contributed by atoms with Crippen molar-refractivity contribution < 1.29 is 14.4 Å². The Morgan fingerprint density at radius 3 is 2.76 bits per heavy atom. The van der Waals surface area contributed by atoms with Crippen molar-refractivity contribution >= 4 is 5.91 Å². The van der Waals surface area contributed by atoms with E-state index in [0.29, 0.717) is 0 Å². The van der Waals surface area contributed by atoms with Crippen molar-refractivity contribution in [2.24, 2.45) is 11.8 Å². The fourth-order valence-electron chi connectivity index (χ4n) is 3.51. The molecule has 1 aliphatic heterocycles. The van der Waals surface area contributed by atoms with Gasteiger partial charge in [-0.1, -0.05) is 12.2 Å². The van der Waals surface area contributed by atoms with Crippen LogP contribution >= 0.6 is 0 Å². The summed E-state index contributed by atoms with van der Waals surface area (Å²) in [4.78, 5) is 13.8. The number of amides is 1. The van der Waals surface area contributed by atoms with Crippen LogP contribution in [-0.2, 0) is 9.53 Å². The van der Waals surface area contributed by atoms with Crippen molar-refractivity contribution in [1.82, 2.24) is 5.32 Å². The fraction of sp³-hybridized carbons (Fsp3) is 0.824. The number of allylic oxidation sites excluding steroid dienone is 2. The summed E-state index contributed by atoms with van der Waals surface area (Å²) in [6.07, 6.45) is 11.5. The summed E-state index contributed by atoms with van der Waals surface area (Å²) < 4.78 is 5.00. The van der Waals surface area contributed by atoms with Crippen molar-refractivity contribution in [1.29, 1.82) is 0 Å². The quantitative estimate of drug-likeness (QED) is 0.539. The summed E-state index contributed by atoms with van der Waals surface area (Å²) in [6, 6.07) is 0. The number of hydrogen-bond donors (Lipinski definition) is 2. The number of nitrogens with one attached hydrogen (secondary N) is 2. The standard InChI is InChI=1S/C17H30N2O2/c1-21-13-5-10-18-17(20)16-8-11-19(12-9-16)14-15-6-3-2-4-7-15/h2-3,15-16H,4-14H2,1H3,(H,18,20)/p+1/t15-/m0/s1. The van der Waals surface area contributed by atoms with Crippen molar-refractivity contribution in [3.05, 3.63) is 12.2 Å². The first-order valence-corrected chi connectivity index (χ1v) is 8.55. The van der Waals surface area contributed by atoms with E-state index in [9.17, 15) is 4.79 Å². The van der Waals surface area contributed by atoms with E-state index in [1.807, 2.05) is 0 Å². The monoisotopic (exact) mass is 295 g/mol. The molecule has 2 aliphatic rings. The summed E-state index contributed by atoms with van der Waals surface area (Å²) >= 11 is 0. The first kappa shape index (κ1) is 16.5. The number of hydrogen-bond acceptors (Lipinski definition) is 2. The molecule has 0 unspecified atom stereocenters. The summed E-state index contributed by atoms with van der Waals surface area (Å²) in [7, 11) is 1.70. The Morgan fingerprint density at radius 1 is 1.29 bits per heavy atom. The van der Waals surface area contributed by atoms with Crippen molar-refractivity contribution in [2.45, 2.75) is 38.5 Å². The SMILES string of the molecule is COCCCNC(=O)C1CC[NH+](C[C@H]2CC=CCC2)CC1. The normalized spacial score (nSPS) is 29.3. The lowest BCUT2D eigenvalue weighted by molar-refractivity contribution is -0.909. The van der Waals surface area contributed by atoms with E-state index in [4.69, 9.17) is 4.74 Å². The number of likely N-dealkylation sites (tertiary alicyclic amines) is 1. The first-order chi connectivity index (χ1) is 10.3. The van der Waals surface area contributed by atoms with Gasteiger partial charge in [-0.15, -0.1) is 0 Å². The molecule has 0 bridgehead atoms. The average Bonchev–Trinajstić information content (AvgIpc) is 2.53. The summed E-state index contributed by atoms with van der Waals surface area (Å²) in [5.41, 5.74) is 0. The summed E-state index contributed by atoms with van der Waals surface area (Å²) in [5.74, 6) is 1.36. The molecule has 120 valence electrons. The van der Waals surface area contributed by atoms with Gasteiger partial charge in [-0.3, -0.25) is 4.79 Å². The lowest BCUT2D eigenvalue weighted by Crippen LogP contribution is -3.13. The molecule has 1 aliphatic carbocycles. The maximum absolute atomic E-state index is 12.1. The molecular weight excluding hydrogens is 264 g/mol. The molecule has 1 atom stereocenters. The predicted octanol–water partition coefficient (Wildman–Crippen LogP) is 0.790. The van der Waals surface area contributed by atoms with Crippen LogP contribution in [0.2, 0.25) is 0 Å². The van der Waals surface area contributed by atoms with E-state index in [1.165, 1.54) is 25.8 Å². The number of piperidine rings is 1. The molecule has 0 aromatic heterocycles. The number of carbonyl (C=O) groups is 1. The van der Waals surface area contributed by atoms with Crippen molar-refractivity contribution in [3.63, 3.8) is 0 Å². The van der Waals surface area contributed by atoms with Gasteiger partial charge < -0.3 is 15.0 Å². The fourth-order valence-corrected chi connectivity index (χ4v) is 3.51. The van der Waals surface area contributed by atoms with Crippen LogP contribution in [0.5, 0.6) is 0 Å². The largest absolute Gasteiger partial charge is 0.385 e. The van der Waals surface area contributed by atoms with Crippen LogP contribution in [0.25, 0.3) is 0 Å². The Bertz CT molecular complexity index is 336. The lowest BCUT2D eigenvalue weighted by Gasteiger charge is -2.31. The Hall–Kier alpha value is -0.870. The molecular formula is C17H31N2O2+. The van der Waals surface area contributed by atoms with E-state index in [-0.39, 0.29) is 11.8 Å². The van der Waals surface area contributed by atoms with Crippen LogP contribution in [-0.4, -0.2) is 45.8 Å². The maximum Gasteiger partial charge on any atom is 0.223 e. The van der Waals surface area contributed by atoms with Crippen LogP contribution in [0.1, 0.15) is 38.5 Å². The Labute approximate surface area is 128 Å². The molecule has 0 aromatic carbocycles. The van der Waals surface area contributed by atoms with Crippen LogP contribution < -0.4 is 10.2 Å². The van der Waals surface area contributed by atoms with Crippen molar-refractivity contribution in [2.75, 3.05) is 39.9 Å². The topological polar surface area (TPSA) is 42.8 Å². The molecule has 2 rings (SSSR count). The highest BCUT2D eigenvalue weighted by atomic mass is 16.5. The van der Waals surface area contributed by atoms with Crippen LogP contribution in [0, 0.1) is 11.8 Å². The molecule has 21 heavy (non-hydrogen) atoms. The Kier molecular flexibility index (Phi) is 7.24. The van der Waals surface area contributed by atoms with Gasteiger partial charge in [0.05, 0.1) is 19.6 Å². The van der Waals surface area contributed by atoms with Gasteiger partial charge >= 0.3 is 0 Å². The molecule has 0 aromatic rings. The third kappa shape index (κ3) is 5.79. The second kappa shape index (κ2) is 9.21. The molecule has 0 spiro atoms. The molecule has 1 fully saturated rings. The first-order valence-electron chi connectivity index (χ1n) is 8.55. The van der Waals surface area contributed by atoms with Gasteiger partial charge in [0.15, 0.2) is 0 Å². The van der Waals surface area contributed by atoms with Crippen LogP contribution in [0.4, 0.5) is 0 Å². The van der Waals surface area contributed by atoms with Gasteiger partial charge in [-0.2, -0.15) is 0 Å². The van der Waals surface area contributed by atoms with Crippen LogP contribution in [0.15, 0.2) is 12.2 Å². The zero-order valence-corrected chi connectivity index (χ0v) is 13.4. The second-order valence-electron chi connectivity index (χ2n) is 6.52. The number of rotatable bonds is 7. The summed E-state index contributed by atoms with van der Waals surface area (Å²) in [6.45, 7) is 5.09. The van der Waals surface area contributed by atoms with Gasteiger partial charge in [-0.25, -0.2) is 0 Å². The zero-order chi connectivity index (χ0) is 14.9. The molecule has 1 amide bonds. The molecule has 0 saturated carbocycles. The smallest absolute Gasteiger partial charge is 0.223 e. The van der Waals surface area contributed by atoms with E-state index in [2.05, 4.69) is 17.5 Å². The van der Waals surface area contributed by atoms with E-state index >= 15 is 0 Å². The minimum Gasteiger partial charge on any atom is -0.385 e. The number of carbonyl (C=O) groups excluding carboxylic acids is 1. The van der Waals surface area contributed by atoms with E-state index in [0.717, 1.165) is 51.4 Å². The lowest BCUT2D eigenvalue weighted by atomic mass is 9.91. The highest BCUT2D eigenvalue weighted by Gasteiger charge is 2.28. The predicted molar refractivity (Wildman–Crippen MR) is 84.3 cm³/mol. The molecule has 4 heteroatoms. The molecule has 1 heterocycles. The van der Waals surface area contributed by atoms with E-state index < -0.39 is 0 Å². The number of methoxy groups -OCH3 is 1. The molecule has 2 N–H and O–H groups in total. The Balaban J connectivity index is 1.61. The van der Waals surface area contributed by atoms with Gasteiger partial charge in [0.2, 0.25) is 5.91 Å². The average molecular weight is 295 g/mol. The zero-order valence-electron chi connectivity index (χ0n) is 13.4. The highest BCUT2D eigenvalue weighted by Crippen LogP contribution is 2.17. The van der Waals surface area contributed by atoms with E-state index in [1.54, 1.807) is 12.0 Å². The minimum atomic E-state index is 0.238.